The van der Waals surface area contributed by atoms with E-state index >= 15 is 0 Å². The van der Waals surface area contributed by atoms with E-state index in [2.05, 4.69) is 29.4 Å². The molecule has 5 heteroatoms. The lowest BCUT2D eigenvalue weighted by Crippen LogP contribution is -2.29. The molecule has 2 rings (SSSR count). The Bertz CT molecular complexity index is 735. The third kappa shape index (κ3) is 4.10. The first-order chi connectivity index (χ1) is 12.0. The maximum Gasteiger partial charge on any atom is 0.339 e. The number of hydrogen-bond acceptors (Lipinski definition) is 3. The first kappa shape index (κ1) is 18.8. The van der Waals surface area contributed by atoms with Gasteiger partial charge in [0.2, 0.25) is 0 Å². The molecule has 0 aliphatic heterocycles. The third-order valence-corrected chi connectivity index (χ3v) is 4.57. The van der Waals surface area contributed by atoms with E-state index in [-0.39, 0.29) is 11.8 Å². The molecule has 1 aromatic carbocycles. The largest absolute Gasteiger partial charge is 0.465 e. The van der Waals surface area contributed by atoms with Crippen molar-refractivity contribution in [2.75, 3.05) is 13.7 Å². The summed E-state index contributed by atoms with van der Waals surface area (Å²) in [7, 11) is 1.35. The van der Waals surface area contributed by atoms with Gasteiger partial charge in [0.1, 0.15) is 5.69 Å². The molecule has 1 unspecified atom stereocenters. The smallest absolute Gasteiger partial charge is 0.339 e. The number of benzene rings is 1. The Hall–Kier alpha value is -2.56. The van der Waals surface area contributed by atoms with Crippen LogP contribution in [0.25, 0.3) is 0 Å². The van der Waals surface area contributed by atoms with Gasteiger partial charge in [-0.1, -0.05) is 44.2 Å². The van der Waals surface area contributed by atoms with Crippen LogP contribution in [0.4, 0.5) is 0 Å². The molecule has 5 nitrogen and oxygen atoms in total. The second-order valence-corrected chi connectivity index (χ2v) is 6.05. The third-order valence-electron chi connectivity index (χ3n) is 4.57. The van der Waals surface area contributed by atoms with Crippen molar-refractivity contribution >= 4 is 11.9 Å². The molecule has 134 valence electrons. The highest BCUT2D eigenvalue weighted by atomic mass is 16.5. The van der Waals surface area contributed by atoms with Gasteiger partial charge in [0.05, 0.1) is 12.7 Å². The highest BCUT2D eigenvalue weighted by molar-refractivity contribution is 6.00. The van der Waals surface area contributed by atoms with Crippen LogP contribution in [0.1, 0.15) is 63.9 Å². The number of amides is 1. The number of aryl methyl sites for hydroxylation is 1. The Morgan fingerprint density at radius 2 is 1.88 bits per heavy atom. The minimum atomic E-state index is -0.416. The van der Waals surface area contributed by atoms with Gasteiger partial charge in [0.25, 0.3) is 5.91 Å². The monoisotopic (exact) mass is 342 g/mol. The Morgan fingerprint density at radius 1 is 1.20 bits per heavy atom. The second-order valence-electron chi connectivity index (χ2n) is 6.05. The average Bonchev–Trinajstić information content (AvgIpc) is 2.98. The van der Waals surface area contributed by atoms with Gasteiger partial charge in [-0.25, -0.2) is 4.79 Å². The molecule has 1 amide bonds. The minimum Gasteiger partial charge on any atom is -0.465 e. The zero-order valence-electron chi connectivity index (χ0n) is 15.3. The quantitative estimate of drug-likeness (QED) is 0.755. The first-order valence-corrected chi connectivity index (χ1v) is 8.66. The Balaban J connectivity index is 2.16. The molecule has 25 heavy (non-hydrogen) atoms. The first-order valence-electron chi connectivity index (χ1n) is 8.66. The number of nitrogens with one attached hydrogen (secondary N) is 2. The molecule has 0 spiro atoms. The number of rotatable bonds is 7. The number of hydrogen-bond donors (Lipinski definition) is 2. The summed E-state index contributed by atoms with van der Waals surface area (Å²) in [5.41, 5.74) is 3.46. The van der Waals surface area contributed by atoms with Gasteiger partial charge >= 0.3 is 5.97 Å². The summed E-state index contributed by atoms with van der Waals surface area (Å²) in [6.07, 6.45) is 1.56. The lowest BCUT2D eigenvalue weighted by Gasteiger charge is -2.16. The molecular weight excluding hydrogens is 316 g/mol. The van der Waals surface area contributed by atoms with Crippen LogP contribution in [0.15, 0.2) is 30.3 Å². The summed E-state index contributed by atoms with van der Waals surface area (Å²) in [6.45, 7) is 6.36. The van der Waals surface area contributed by atoms with Crippen molar-refractivity contribution in [3.05, 3.63) is 58.4 Å². The van der Waals surface area contributed by atoms with Crippen LogP contribution in [-0.4, -0.2) is 30.5 Å². The van der Waals surface area contributed by atoms with Crippen molar-refractivity contribution in [2.45, 2.75) is 39.5 Å². The molecule has 2 aromatic rings. The molecule has 0 aliphatic rings. The number of aromatic amines is 1. The fourth-order valence-corrected chi connectivity index (χ4v) is 3.06. The van der Waals surface area contributed by atoms with Crippen molar-refractivity contribution in [1.82, 2.24) is 10.3 Å². The van der Waals surface area contributed by atoms with Crippen LogP contribution in [0.5, 0.6) is 0 Å². The van der Waals surface area contributed by atoms with Gasteiger partial charge in [0, 0.05) is 18.2 Å². The molecule has 0 fully saturated rings. The molecule has 0 aliphatic carbocycles. The van der Waals surface area contributed by atoms with Crippen LogP contribution in [0, 0.1) is 6.92 Å². The zero-order valence-corrected chi connectivity index (χ0v) is 15.3. The Kier molecular flexibility index (Phi) is 6.39. The van der Waals surface area contributed by atoms with Gasteiger partial charge in [0.15, 0.2) is 0 Å². The molecule has 1 heterocycles. The van der Waals surface area contributed by atoms with Gasteiger partial charge in [-0.3, -0.25) is 4.79 Å². The van der Waals surface area contributed by atoms with Crippen LogP contribution >= 0.6 is 0 Å². The lowest BCUT2D eigenvalue weighted by molar-refractivity contribution is 0.0599. The maximum atomic E-state index is 12.6. The van der Waals surface area contributed by atoms with E-state index in [0.29, 0.717) is 29.8 Å². The highest BCUT2D eigenvalue weighted by Crippen LogP contribution is 2.21. The Morgan fingerprint density at radius 3 is 2.44 bits per heavy atom. The van der Waals surface area contributed by atoms with Gasteiger partial charge in [-0.15, -0.1) is 0 Å². The number of carbonyl (C=O) groups excluding carboxylic acids is 2. The minimum absolute atomic E-state index is 0.197. The molecule has 0 saturated heterocycles. The zero-order chi connectivity index (χ0) is 18.4. The van der Waals surface area contributed by atoms with Crippen LogP contribution in [0.3, 0.4) is 0 Å². The second kappa shape index (κ2) is 8.51. The predicted molar refractivity (Wildman–Crippen MR) is 98.1 cm³/mol. The van der Waals surface area contributed by atoms with E-state index in [1.165, 1.54) is 12.7 Å². The average molecular weight is 342 g/mol. The maximum absolute atomic E-state index is 12.6. The van der Waals surface area contributed by atoms with Crippen molar-refractivity contribution in [3.8, 4) is 0 Å². The number of H-pyrrole nitrogens is 1. The standard InChI is InChI=1S/C20H26N2O3/c1-5-14(15-10-8-7-9-11-15)12-21-19(23)18-13(3)17(20(24)25-4)16(6-2)22-18/h7-11,14,22H,5-6,12H2,1-4H3,(H,21,23). The van der Waals surface area contributed by atoms with E-state index in [1.807, 2.05) is 25.1 Å². The summed E-state index contributed by atoms with van der Waals surface area (Å²) in [5.74, 6) is -0.358. The highest BCUT2D eigenvalue weighted by Gasteiger charge is 2.24. The fourth-order valence-electron chi connectivity index (χ4n) is 3.06. The number of esters is 1. The number of methoxy groups -OCH3 is 1. The van der Waals surface area contributed by atoms with Crippen molar-refractivity contribution in [3.63, 3.8) is 0 Å². The summed E-state index contributed by atoms with van der Waals surface area (Å²) < 4.78 is 4.84. The van der Waals surface area contributed by atoms with E-state index in [9.17, 15) is 9.59 Å². The van der Waals surface area contributed by atoms with Gasteiger partial charge in [-0.05, 0) is 30.9 Å². The summed E-state index contributed by atoms with van der Waals surface area (Å²) in [6, 6.07) is 10.1. The number of aromatic nitrogens is 1. The summed E-state index contributed by atoms with van der Waals surface area (Å²) in [5, 5.41) is 2.99. The molecule has 0 saturated carbocycles. The van der Waals surface area contributed by atoms with E-state index in [4.69, 9.17) is 4.74 Å². The molecule has 2 N–H and O–H groups in total. The Labute approximate surface area is 148 Å². The van der Waals surface area contributed by atoms with Gasteiger partial charge < -0.3 is 15.0 Å². The summed E-state index contributed by atoms with van der Waals surface area (Å²) >= 11 is 0. The summed E-state index contributed by atoms with van der Waals surface area (Å²) in [4.78, 5) is 27.7. The van der Waals surface area contributed by atoms with Crippen LogP contribution < -0.4 is 5.32 Å². The van der Waals surface area contributed by atoms with E-state index in [0.717, 1.165) is 12.1 Å². The number of ether oxygens (including phenoxy) is 1. The van der Waals surface area contributed by atoms with Crippen molar-refractivity contribution < 1.29 is 14.3 Å². The molecule has 1 atom stereocenters. The van der Waals surface area contributed by atoms with E-state index < -0.39 is 5.97 Å². The lowest BCUT2D eigenvalue weighted by atomic mass is 9.96. The van der Waals surface area contributed by atoms with E-state index in [1.54, 1.807) is 6.92 Å². The van der Waals surface area contributed by atoms with Crippen molar-refractivity contribution in [1.29, 1.82) is 0 Å². The van der Waals surface area contributed by atoms with Crippen LogP contribution in [0.2, 0.25) is 0 Å². The topological polar surface area (TPSA) is 71.2 Å². The molecule has 1 aromatic heterocycles. The molecular formula is C20H26N2O3. The van der Waals surface area contributed by atoms with Crippen molar-refractivity contribution in [2.24, 2.45) is 0 Å². The van der Waals surface area contributed by atoms with Crippen LogP contribution in [-0.2, 0) is 11.2 Å². The molecule has 0 radical (unpaired) electrons. The number of carbonyl (C=O) groups is 2. The predicted octanol–water partition coefficient (Wildman–Crippen LogP) is 3.60. The van der Waals surface area contributed by atoms with Gasteiger partial charge in [-0.2, -0.15) is 0 Å². The molecule has 0 bridgehead atoms. The SMILES string of the molecule is CCc1[nH]c(C(=O)NCC(CC)c2ccccc2)c(C)c1C(=O)OC. The normalized spacial score (nSPS) is 11.8. The fraction of sp³-hybridized carbons (Fsp3) is 0.400.